The van der Waals surface area contributed by atoms with Crippen LogP contribution in [0.2, 0.25) is 0 Å². The summed E-state index contributed by atoms with van der Waals surface area (Å²) in [5.74, 6) is 1.45. The normalized spacial score (nSPS) is 10.3. The molecule has 0 aliphatic carbocycles. The summed E-state index contributed by atoms with van der Waals surface area (Å²) in [6.45, 7) is 3.77. The second-order valence-electron chi connectivity index (χ2n) is 3.81. The molecule has 18 heavy (non-hydrogen) atoms. The number of hydrogen-bond donors (Lipinski definition) is 1. The van der Waals surface area contributed by atoms with Crippen molar-refractivity contribution in [2.24, 2.45) is 0 Å². The molecular weight excluding hydrogens is 339 g/mol. The first kappa shape index (κ1) is 13.3. The van der Waals surface area contributed by atoms with E-state index < -0.39 is 0 Å². The van der Waals surface area contributed by atoms with Gasteiger partial charge in [0.2, 0.25) is 5.88 Å². The highest BCUT2D eigenvalue weighted by molar-refractivity contribution is 14.1. The molecular formula is C14H15IN2O. The molecule has 0 saturated carbocycles. The second kappa shape index (κ2) is 6.70. The summed E-state index contributed by atoms with van der Waals surface area (Å²) in [6.07, 6.45) is 0. The molecule has 0 saturated heterocycles. The third-order valence-electron chi connectivity index (χ3n) is 2.36. The molecule has 94 valence electrons. The third-order valence-corrected chi connectivity index (χ3v) is 3.03. The van der Waals surface area contributed by atoms with Gasteiger partial charge in [-0.3, -0.25) is 0 Å². The predicted molar refractivity (Wildman–Crippen MR) is 80.9 cm³/mol. The summed E-state index contributed by atoms with van der Waals surface area (Å²) in [4.78, 5) is 4.45. The van der Waals surface area contributed by atoms with E-state index in [0.29, 0.717) is 5.88 Å². The van der Waals surface area contributed by atoms with Crippen LogP contribution in [0, 0.1) is 3.57 Å². The monoisotopic (exact) mass is 354 g/mol. The minimum absolute atomic E-state index is 0.632. The van der Waals surface area contributed by atoms with Crippen LogP contribution >= 0.6 is 22.6 Å². The molecule has 0 radical (unpaired) electrons. The van der Waals surface area contributed by atoms with Gasteiger partial charge in [-0.2, -0.15) is 0 Å². The number of halogens is 1. The number of nitrogens with one attached hydrogen (secondary N) is 1. The van der Waals surface area contributed by atoms with Gasteiger partial charge in [-0.25, -0.2) is 4.98 Å². The Hall–Kier alpha value is -1.14. The Bertz CT molecular complexity index is 517. The fourth-order valence-corrected chi connectivity index (χ4v) is 2.03. The first-order valence-electron chi connectivity index (χ1n) is 5.88. The average Bonchev–Trinajstić information content (AvgIpc) is 2.37. The summed E-state index contributed by atoms with van der Waals surface area (Å²) in [7, 11) is 0. The van der Waals surface area contributed by atoms with Crippen LogP contribution in [0.5, 0.6) is 11.6 Å². The van der Waals surface area contributed by atoms with Crippen LogP contribution in [0.4, 0.5) is 0 Å². The number of rotatable bonds is 5. The van der Waals surface area contributed by atoms with Gasteiger partial charge in [0.25, 0.3) is 0 Å². The zero-order valence-electron chi connectivity index (χ0n) is 10.2. The lowest BCUT2D eigenvalue weighted by atomic mass is 10.3. The highest BCUT2D eigenvalue weighted by Gasteiger charge is 2.01. The molecule has 3 nitrogen and oxygen atoms in total. The van der Waals surface area contributed by atoms with Gasteiger partial charge in [-0.15, -0.1) is 0 Å². The van der Waals surface area contributed by atoms with Crippen molar-refractivity contribution < 1.29 is 4.74 Å². The van der Waals surface area contributed by atoms with Crippen molar-refractivity contribution in [3.63, 3.8) is 0 Å². The minimum Gasteiger partial charge on any atom is -0.439 e. The molecule has 1 aromatic carbocycles. The summed E-state index contributed by atoms with van der Waals surface area (Å²) in [5.41, 5.74) is 0.986. The molecule has 0 unspecified atom stereocenters. The van der Waals surface area contributed by atoms with E-state index in [9.17, 15) is 0 Å². The molecule has 1 heterocycles. The first-order valence-corrected chi connectivity index (χ1v) is 6.96. The van der Waals surface area contributed by atoms with Crippen molar-refractivity contribution in [1.29, 1.82) is 0 Å². The Balaban J connectivity index is 2.09. The lowest BCUT2D eigenvalue weighted by molar-refractivity contribution is 0.459. The molecule has 1 N–H and O–H groups in total. The van der Waals surface area contributed by atoms with Crippen LogP contribution in [0.15, 0.2) is 42.5 Å². The van der Waals surface area contributed by atoms with E-state index in [-0.39, 0.29) is 0 Å². The zero-order valence-corrected chi connectivity index (χ0v) is 12.3. The standard InChI is InChI=1S/C14H15IN2O/c1-2-16-10-12-6-4-8-14(17-12)18-13-7-3-5-11(15)9-13/h3-9,16H,2,10H2,1H3. The molecule has 1 aromatic heterocycles. The van der Waals surface area contributed by atoms with Crippen LogP contribution in [0.25, 0.3) is 0 Å². The molecule has 0 atom stereocenters. The van der Waals surface area contributed by atoms with Crippen molar-refractivity contribution >= 4 is 22.6 Å². The zero-order chi connectivity index (χ0) is 12.8. The van der Waals surface area contributed by atoms with Crippen molar-refractivity contribution in [1.82, 2.24) is 10.3 Å². The summed E-state index contributed by atoms with van der Waals surface area (Å²) >= 11 is 2.26. The number of ether oxygens (including phenoxy) is 1. The van der Waals surface area contributed by atoms with Crippen LogP contribution in [0.3, 0.4) is 0 Å². The van der Waals surface area contributed by atoms with E-state index in [0.717, 1.165) is 28.1 Å². The number of nitrogens with zero attached hydrogens (tertiary/aromatic N) is 1. The fourth-order valence-electron chi connectivity index (χ4n) is 1.52. The van der Waals surface area contributed by atoms with Crippen molar-refractivity contribution in [3.05, 3.63) is 51.7 Å². The maximum Gasteiger partial charge on any atom is 0.219 e. The Morgan fingerprint density at radius 1 is 1.22 bits per heavy atom. The SMILES string of the molecule is CCNCc1cccc(Oc2cccc(I)c2)n1. The summed E-state index contributed by atoms with van der Waals surface area (Å²) in [5, 5.41) is 3.25. The smallest absolute Gasteiger partial charge is 0.219 e. The van der Waals surface area contributed by atoms with Gasteiger partial charge < -0.3 is 10.1 Å². The van der Waals surface area contributed by atoms with Gasteiger partial charge in [0.15, 0.2) is 0 Å². The quantitative estimate of drug-likeness (QED) is 0.834. The van der Waals surface area contributed by atoms with E-state index in [2.05, 4.69) is 39.8 Å². The number of aromatic nitrogens is 1. The number of pyridine rings is 1. The van der Waals surface area contributed by atoms with Gasteiger partial charge >= 0.3 is 0 Å². The minimum atomic E-state index is 0.632. The van der Waals surface area contributed by atoms with E-state index >= 15 is 0 Å². The lowest BCUT2D eigenvalue weighted by Crippen LogP contribution is -2.12. The highest BCUT2D eigenvalue weighted by atomic mass is 127. The highest BCUT2D eigenvalue weighted by Crippen LogP contribution is 2.21. The Kier molecular flexibility index (Phi) is 4.95. The summed E-state index contributed by atoms with van der Waals surface area (Å²) in [6, 6.07) is 13.7. The molecule has 0 aliphatic rings. The molecule has 0 fully saturated rings. The number of benzene rings is 1. The van der Waals surface area contributed by atoms with Crippen LogP contribution in [0.1, 0.15) is 12.6 Å². The average molecular weight is 354 g/mol. The van der Waals surface area contributed by atoms with Crippen molar-refractivity contribution in [3.8, 4) is 11.6 Å². The Morgan fingerprint density at radius 3 is 2.83 bits per heavy atom. The third kappa shape index (κ3) is 3.96. The van der Waals surface area contributed by atoms with Crippen molar-refractivity contribution in [2.75, 3.05) is 6.54 Å². The molecule has 0 aliphatic heterocycles. The van der Waals surface area contributed by atoms with Gasteiger partial charge in [0.1, 0.15) is 5.75 Å². The van der Waals surface area contributed by atoms with Crippen LogP contribution in [-0.2, 0) is 6.54 Å². The van der Waals surface area contributed by atoms with Gasteiger partial charge in [0.05, 0.1) is 5.69 Å². The van der Waals surface area contributed by atoms with E-state index in [4.69, 9.17) is 4.74 Å². The summed E-state index contributed by atoms with van der Waals surface area (Å²) < 4.78 is 6.88. The van der Waals surface area contributed by atoms with Crippen molar-refractivity contribution in [2.45, 2.75) is 13.5 Å². The molecule has 0 bridgehead atoms. The molecule has 4 heteroatoms. The lowest BCUT2D eigenvalue weighted by Gasteiger charge is -2.07. The van der Waals surface area contributed by atoms with Crippen LogP contribution < -0.4 is 10.1 Å². The molecule has 0 spiro atoms. The Labute approximate surface area is 121 Å². The Morgan fingerprint density at radius 2 is 2.06 bits per heavy atom. The first-order chi connectivity index (χ1) is 8.78. The molecule has 2 rings (SSSR count). The van der Waals surface area contributed by atoms with Gasteiger partial charge in [0, 0.05) is 16.2 Å². The van der Waals surface area contributed by atoms with Gasteiger partial charge in [-0.1, -0.05) is 19.1 Å². The predicted octanol–water partition coefficient (Wildman–Crippen LogP) is 3.59. The van der Waals surface area contributed by atoms with E-state index in [1.807, 2.05) is 42.5 Å². The largest absolute Gasteiger partial charge is 0.439 e. The molecule has 2 aromatic rings. The fraction of sp³-hybridized carbons (Fsp3) is 0.214. The molecule has 0 amide bonds. The maximum atomic E-state index is 5.74. The van der Waals surface area contributed by atoms with E-state index in [1.54, 1.807) is 0 Å². The number of hydrogen-bond acceptors (Lipinski definition) is 3. The van der Waals surface area contributed by atoms with E-state index in [1.165, 1.54) is 0 Å². The van der Waals surface area contributed by atoms with Crippen LogP contribution in [-0.4, -0.2) is 11.5 Å². The second-order valence-corrected chi connectivity index (χ2v) is 5.05. The van der Waals surface area contributed by atoms with Gasteiger partial charge in [-0.05, 0) is 53.4 Å². The maximum absolute atomic E-state index is 5.74. The topological polar surface area (TPSA) is 34.1 Å².